The Bertz CT molecular complexity index is 557. The number of para-hydroxylation sites is 3. The Balaban J connectivity index is 1.74. The molecule has 0 spiro atoms. The Morgan fingerprint density at radius 1 is 0.952 bits per heavy atom. The summed E-state index contributed by atoms with van der Waals surface area (Å²) in [7, 11) is 0. The van der Waals surface area contributed by atoms with E-state index < -0.39 is 0 Å². The molecular formula is C17H21NO3. The Hall–Kier alpha value is -2.20. The molecule has 4 heteroatoms. The van der Waals surface area contributed by atoms with Gasteiger partial charge in [-0.3, -0.25) is 0 Å². The van der Waals surface area contributed by atoms with E-state index in [1.807, 2.05) is 49.4 Å². The molecular weight excluding hydrogens is 266 g/mol. The summed E-state index contributed by atoms with van der Waals surface area (Å²) in [5.74, 6) is 1.83. The minimum absolute atomic E-state index is 0.313. The van der Waals surface area contributed by atoms with Crippen LogP contribution in [0.25, 0.3) is 0 Å². The average Bonchev–Trinajstić information content (AvgIpc) is 2.50. The lowest BCUT2D eigenvalue weighted by atomic mass is 10.2. The normalized spacial score (nSPS) is 10.3. The number of benzene rings is 2. The fourth-order valence-corrected chi connectivity index (χ4v) is 1.96. The summed E-state index contributed by atoms with van der Waals surface area (Å²) < 4.78 is 11.2. The van der Waals surface area contributed by atoms with Crippen LogP contribution < -0.4 is 14.8 Å². The van der Waals surface area contributed by atoms with Gasteiger partial charge in [-0.15, -0.1) is 0 Å². The third-order valence-corrected chi connectivity index (χ3v) is 2.99. The molecule has 0 bridgehead atoms. The van der Waals surface area contributed by atoms with Crippen LogP contribution in [-0.2, 0) is 6.54 Å². The molecule has 2 aromatic rings. The highest BCUT2D eigenvalue weighted by atomic mass is 16.5. The van der Waals surface area contributed by atoms with E-state index in [1.54, 1.807) is 6.07 Å². The first-order valence-corrected chi connectivity index (χ1v) is 7.13. The molecule has 0 fully saturated rings. The van der Waals surface area contributed by atoms with Crippen LogP contribution in [0, 0.1) is 0 Å². The highest BCUT2D eigenvalue weighted by molar-refractivity contribution is 5.39. The summed E-state index contributed by atoms with van der Waals surface area (Å²) in [6.07, 6.45) is 0. The van der Waals surface area contributed by atoms with Crippen molar-refractivity contribution in [3.8, 4) is 17.2 Å². The second-order valence-electron chi connectivity index (χ2n) is 4.53. The summed E-state index contributed by atoms with van der Waals surface area (Å²) in [6.45, 7) is 4.41. The van der Waals surface area contributed by atoms with Gasteiger partial charge in [0, 0.05) is 18.7 Å². The van der Waals surface area contributed by atoms with Crippen LogP contribution in [-0.4, -0.2) is 24.9 Å². The molecule has 0 aromatic heterocycles. The van der Waals surface area contributed by atoms with Gasteiger partial charge < -0.3 is 19.9 Å². The predicted molar refractivity (Wildman–Crippen MR) is 82.9 cm³/mol. The number of phenolic OH excluding ortho intramolecular Hbond substituents is 1. The van der Waals surface area contributed by atoms with Gasteiger partial charge in [0.1, 0.15) is 12.4 Å². The van der Waals surface area contributed by atoms with Crippen molar-refractivity contribution < 1.29 is 14.6 Å². The summed E-state index contributed by atoms with van der Waals surface area (Å²) in [5, 5.41) is 12.9. The van der Waals surface area contributed by atoms with Gasteiger partial charge in [-0.05, 0) is 25.1 Å². The number of aromatic hydroxyl groups is 1. The molecule has 0 atom stereocenters. The minimum Gasteiger partial charge on any atom is -0.508 e. The van der Waals surface area contributed by atoms with E-state index in [1.165, 1.54) is 0 Å². The van der Waals surface area contributed by atoms with Crippen LogP contribution >= 0.6 is 0 Å². The number of hydrogen-bond acceptors (Lipinski definition) is 4. The van der Waals surface area contributed by atoms with E-state index in [2.05, 4.69) is 5.32 Å². The molecule has 2 rings (SSSR count). The van der Waals surface area contributed by atoms with Gasteiger partial charge in [0.2, 0.25) is 0 Å². The van der Waals surface area contributed by atoms with Crippen LogP contribution in [0.5, 0.6) is 17.2 Å². The van der Waals surface area contributed by atoms with Crippen LogP contribution in [0.2, 0.25) is 0 Å². The van der Waals surface area contributed by atoms with Crippen LogP contribution in [0.1, 0.15) is 12.5 Å². The number of ether oxygens (including phenoxy) is 2. The molecule has 0 saturated heterocycles. The molecule has 0 heterocycles. The average molecular weight is 287 g/mol. The summed E-state index contributed by atoms with van der Waals surface area (Å²) in [5.41, 5.74) is 0.882. The maximum Gasteiger partial charge on any atom is 0.161 e. The van der Waals surface area contributed by atoms with E-state index in [9.17, 15) is 5.11 Å². The molecule has 4 nitrogen and oxygen atoms in total. The van der Waals surface area contributed by atoms with E-state index >= 15 is 0 Å². The lowest BCUT2D eigenvalue weighted by Gasteiger charge is -2.12. The Kier molecular flexibility index (Phi) is 5.91. The van der Waals surface area contributed by atoms with Gasteiger partial charge in [-0.1, -0.05) is 30.3 Å². The number of phenols is 1. The molecule has 0 radical (unpaired) electrons. The summed E-state index contributed by atoms with van der Waals surface area (Å²) >= 11 is 0. The molecule has 0 unspecified atom stereocenters. The SMILES string of the molecule is CCOc1ccccc1OCCNCc1ccccc1O. The quantitative estimate of drug-likeness (QED) is 0.733. The molecule has 0 saturated carbocycles. The van der Waals surface area contributed by atoms with Gasteiger partial charge in [-0.2, -0.15) is 0 Å². The maximum atomic E-state index is 9.65. The van der Waals surface area contributed by atoms with Gasteiger partial charge in [0.25, 0.3) is 0 Å². The monoisotopic (exact) mass is 287 g/mol. The maximum absolute atomic E-state index is 9.65. The fraction of sp³-hybridized carbons (Fsp3) is 0.294. The summed E-state index contributed by atoms with van der Waals surface area (Å²) in [6, 6.07) is 14.9. The second-order valence-corrected chi connectivity index (χ2v) is 4.53. The first-order chi connectivity index (χ1) is 10.3. The van der Waals surface area contributed by atoms with Crippen LogP contribution in [0.15, 0.2) is 48.5 Å². The Morgan fingerprint density at radius 3 is 2.33 bits per heavy atom. The molecule has 0 aliphatic carbocycles. The molecule has 0 aliphatic rings. The van der Waals surface area contributed by atoms with E-state index in [-0.39, 0.29) is 0 Å². The molecule has 0 aliphatic heterocycles. The zero-order valence-electron chi connectivity index (χ0n) is 12.2. The van der Waals surface area contributed by atoms with E-state index in [4.69, 9.17) is 9.47 Å². The lowest BCUT2D eigenvalue weighted by Crippen LogP contribution is -2.20. The molecule has 2 N–H and O–H groups in total. The highest BCUT2D eigenvalue weighted by Gasteiger charge is 2.03. The van der Waals surface area contributed by atoms with E-state index in [0.717, 1.165) is 17.1 Å². The van der Waals surface area contributed by atoms with Gasteiger partial charge in [-0.25, -0.2) is 0 Å². The van der Waals surface area contributed by atoms with Crippen molar-refractivity contribution in [1.82, 2.24) is 5.32 Å². The Labute approximate surface area is 125 Å². The minimum atomic E-state index is 0.313. The van der Waals surface area contributed by atoms with Crippen LogP contribution in [0.4, 0.5) is 0 Å². The van der Waals surface area contributed by atoms with Gasteiger partial charge >= 0.3 is 0 Å². The van der Waals surface area contributed by atoms with Crippen molar-refractivity contribution >= 4 is 0 Å². The topological polar surface area (TPSA) is 50.7 Å². The number of nitrogens with one attached hydrogen (secondary N) is 1. The largest absolute Gasteiger partial charge is 0.508 e. The molecule has 2 aromatic carbocycles. The van der Waals surface area contributed by atoms with Crippen molar-refractivity contribution in [3.63, 3.8) is 0 Å². The van der Waals surface area contributed by atoms with E-state index in [0.29, 0.717) is 32.1 Å². The van der Waals surface area contributed by atoms with Crippen LogP contribution in [0.3, 0.4) is 0 Å². The Morgan fingerprint density at radius 2 is 1.62 bits per heavy atom. The summed E-state index contributed by atoms with van der Waals surface area (Å²) in [4.78, 5) is 0. The van der Waals surface area contributed by atoms with Crippen molar-refractivity contribution in [2.45, 2.75) is 13.5 Å². The van der Waals surface area contributed by atoms with Crippen molar-refractivity contribution in [1.29, 1.82) is 0 Å². The highest BCUT2D eigenvalue weighted by Crippen LogP contribution is 2.26. The predicted octanol–water partition coefficient (Wildman–Crippen LogP) is 2.96. The zero-order chi connectivity index (χ0) is 14.9. The fourth-order valence-electron chi connectivity index (χ4n) is 1.96. The second kappa shape index (κ2) is 8.17. The standard InChI is InChI=1S/C17H21NO3/c1-2-20-16-9-5-6-10-17(16)21-12-11-18-13-14-7-3-4-8-15(14)19/h3-10,18-19H,2,11-13H2,1H3. The first-order valence-electron chi connectivity index (χ1n) is 7.13. The molecule has 112 valence electrons. The third kappa shape index (κ3) is 4.68. The van der Waals surface area contributed by atoms with Crippen molar-refractivity contribution in [2.75, 3.05) is 19.8 Å². The molecule has 0 amide bonds. The number of hydrogen-bond donors (Lipinski definition) is 2. The first kappa shape index (κ1) is 15.2. The molecule has 21 heavy (non-hydrogen) atoms. The van der Waals surface area contributed by atoms with Crippen molar-refractivity contribution in [3.05, 3.63) is 54.1 Å². The van der Waals surface area contributed by atoms with Gasteiger partial charge in [0.05, 0.1) is 6.61 Å². The van der Waals surface area contributed by atoms with Gasteiger partial charge in [0.15, 0.2) is 11.5 Å². The third-order valence-electron chi connectivity index (χ3n) is 2.99. The smallest absolute Gasteiger partial charge is 0.161 e. The zero-order valence-corrected chi connectivity index (χ0v) is 12.2. The van der Waals surface area contributed by atoms with Crippen molar-refractivity contribution in [2.24, 2.45) is 0 Å². The number of rotatable bonds is 8. The lowest BCUT2D eigenvalue weighted by molar-refractivity contribution is 0.275.